The summed E-state index contributed by atoms with van der Waals surface area (Å²) in [6.07, 6.45) is 8.97. The van der Waals surface area contributed by atoms with Gasteiger partial charge in [-0.25, -0.2) is 9.86 Å². The minimum atomic E-state index is -0.689. The van der Waals surface area contributed by atoms with Crippen molar-refractivity contribution in [3.8, 4) is 0 Å². The number of carbonyl (C=O) groups excluding carboxylic acids is 4. The van der Waals surface area contributed by atoms with Crippen LogP contribution in [0.3, 0.4) is 0 Å². The van der Waals surface area contributed by atoms with Crippen LogP contribution >= 0.6 is 0 Å². The molecule has 2 saturated heterocycles. The lowest BCUT2D eigenvalue weighted by atomic mass is 9.91. The quantitative estimate of drug-likeness (QED) is 0.301. The highest BCUT2D eigenvalue weighted by Gasteiger charge is 2.35. The van der Waals surface area contributed by atoms with Gasteiger partial charge >= 0.3 is 6.09 Å². The van der Waals surface area contributed by atoms with Gasteiger partial charge in [-0.1, -0.05) is 25.7 Å². The maximum Gasteiger partial charge on any atom is 0.407 e. The Bertz CT molecular complexity index is 677. The maximum absolute atomic E-state index is 12.7. The van der Waals surface area contributed by atoms with Gasteiger partial charge in [-0.15, -0.1) is 0 Å². The number of likely N-dealkylation sites (tertiary alicyclic amines) is 1. The van der Waals surface area contributed by atoms with Crippen LogP contribution in [0.2, 0.25) is 0 Å². The van der Waals surface area contributed by atoms with Crippen molar-refractivity contribution in [2.75, 3.05) is 31.6 Å². The number of nitrogens with zero attached hydrogens (tertiary/aromatic N) is 2. The van der Waals surface area contributed by atoms with Crippen LogP contribution in [0.5, 0.6) is 0 Å². The fourth-order valence-corrected chi connectivity index (χ4v) is 5.97. The molecule has 188 valence electrons. The summed E-state index contributed by atoms with van der Waals surface area (Å²) in [5, 5.41) is 12.4. The summed E-state index contributed by atoms with van der Waals surface area (Å²) < 4.78 is 15.9. The van der Waals surface area contributed by atoms with Gasteiger partial charge in [0.15, 0.2) is 0 Å². The first-order valence-corrected chi connectivity index (χ1v) is 13.3. The van der Waals surface area contributed by atoms with Gasteiger partial charge < -0.3 is 19.7 Å². The van der Waals surface area contributed by atoms with Crippen molar-refractivity contribution in [3.63, 3.8) is 0 Å². The van der Waals surface area contributed by atoms with Gasteiger partial charge in [-0.2, -0.15) is 0 Å². The molecule has 0 radical (unpaired) electrons. The van der Waals surface area contributed by atoms with E-state index in [1.54, 1.807) is 4.90 Å². The normalized spacial score (nSPS) is 26.0. The van der Waals surface area contributed by atoms with Gasteiger partial charge in [0.1, 0.15) is 12.4 Å². The average molecular weight is 488 g/mol. The number of hydroxylamine groups is 2. The summed E-state index contributed by atoms with van der Waals surface area (Å²) in [6, 6.07) is -0.341. The summed E-state index contributed by atoms with van der Waals surface area (Å²) in [6.45, 7) is 0.608. The Morgan fingerprint density at radius 2 is 1.82 bits per heavy atom. The summed E-state index contributed by atoms with van der Waals surface area (Å²) >= 11 is 0. The average Bonchev–Trinajstić information content (AvgIpc) is 3.51. The first-order chi connectivity index (χ1) is 15.9. The van der Waals surface area contributed by atoms with Crippen LogP contribution in [0, 0.1) is 11.8 Å². The minimum absolute atomic E-state index is 0.0148. The Morgan fingerprint density at radius 1 is 1.15 bits per heavy atom. The number of aldehydes is 1. The van der Waals surface area contributed by atoms with E-state index in [1.165, 1.54) is 19.9 Å². The van der Waals surface area contributed by atoms with Crippen molar-refractivity contribution >= 4 is 35.5 Å². The third-order valence-electron chi connectivity index (χ3n) is 6.52. The number of ether oxygens (including phenoxy) is 1. The summed E-state index contributed by atoms with van der Waals surface area (Å²) in [5.74, 6) is 1.28. The Balaban J connectivity index is 0.000000273. The summed E-state index contributed by atoms with van der Waals surface area (Å²) in [5.41, 5.74) is 0. The fourth-order valence-electron chi connectivity index (χ4n) is 4.71. The highest BCUT2D eigenvalue weighted by molar-refractivity contribution is 7.85. The molecule has 3 amide bonds. The largest absolute Gasteiger partial charge is 0.446 e. The van der Waals surface area contributed by atoms with Crippen molar-refractivity contribution in [3.05, 3.63) is 0 Å². The van der Waals surface area contributed by atoms with E-state index >= 15 is 0 Å². The first kappa shape index (κ1) is 27.2. The summed E-state index contributed by atoms with van der Waals surface area (Å²) in [7, 11) is 0.842. The van der Waals surface area contributed by atoms with E-state index in [2.05, 4.69) is 5.32 Å². The molecule has 2 atom stereocenters. The van der Waals surface area contributed by atoms with Crippen LogP contribution in [0.25, 0.3) is 0 Å². The third kappa shape index (κ3) is 9.04. The van der Waals surface area contributed by atoms with Gasteiger partial charge in [0.05, 0.1) is 18.5 Å². The Labute approximate surface area is 197 Å². The molecule has 3 rings (SSSR count). The molecule has 2 aliphatic heterocycles. The van der Waals surface area contributed by atoms with Gasteiger partial charge in [0.25, 0.3) is 0 Å². The number of hydrogen-bond acceptors (Lipinski definition) is 7. The second-order valence-electron chi connectivity index (χ2n) is 8.89. The third-order valence-corrected chi connectivity index (χ3v) is 7.91. The van der Waals surface area contributed by atoms with Crippen LogP contribution in [0.1, 0.15) is 57.8 Å². The van der Waals surface area contributed by atoms with E-state index in [4.69, 9.17) is 4.74 Å². The topological polar surface area (TPSA) is 133 Å². The number of alkyl carbamates (subject to hydrolysis) is 1. The molecule has 0 aromatic carbocycles. The molecule has 0 bridgehead atoms. The Morgan fingerprint density at radius 3 is 2.39 bits per heavy atom. The molecule has 2 heterocycles. The lowest BCUT2D eigenvalue weighted by Crippen LogP contribution is -2.44. The number of amides is 3. The molecule has 0 aromatic rings. The van der Waals surface area contributed by atoms with Crippen LogP contribution in [0.15, 0.2) is 0 Å². The van der Waals surface area contributed by atoms with Crippen LogP contribution in [-0.2, 0) is 29.9 Å². The van der Waals surface area contributed by atoms with Crippen LogP contribution in [-0.4, -0.2) is 87.9 Å². The van der Waals surface area contributed by atoms with E-state index in [0.717, 1.165) is 38.4 Å². The number of nitrogens with one attached hydrogen (secondary N) is 1. The SMILES string of the molecule is CNC(=O)OC1CCS(=O)CC1.O=CC1CCCN1C(=O)C(CC1CCCC1)CN(O)C=O. The molecule has 11 heteroatoms. The van der Waals surface area contributed by atoms with E-state index in [-0.39, 0.29) is 24.6 Å². The van der Waals surface area contributed by atoms with Gasteiger partial charge in [-0.05, 0) is 38.0 Å². The minimum Gasteiger partial charge on any atom is -0.446 e. The highest BCUT2D eigenvalue weighted by Crippen LogP contribution is 2.32. The van der Waals surface area contributed by atoms with Gasteiger partial charge in [0.2, 0.25) is 12.3 Å². The van der Waals surface area contributed by atoms with E-state index < -0.39 is 22.8 Å². The lowest BCUT2D eigenvalue weighted by molar-refractivity contribution is -0.157. The van der Waals surface area contributed by atoms with Gasteiger partial charge in [-0.3, -0.25) is 19.0 Å². The predicted octanol–water partition coefficient (Wildman–Crippen LogP) is 1.47. The molecule has 1 aliphatic carbocycles. The molecule has 1 saturated carbocycles. The molecule has 2 unspecified atom stereocenters. The molecular weight excluding hydrogens is 450 g/mol. The van der Waals surface area contributed by atoms with E-state index in [1.807, 2.05) is 0 Å². The van der Waals surface area contributed by atoms with Gasteiger partial charge in [0, 0.05) is 35.9 Å². The van der Waals surface area contributed by atoms with Crippen molar-refractivity contribution in [2.24, 2.45) is 11.8 Å². The standard InChI is InChI=1S/C15H24N2O4.C7H13NO3S/c18-10-14-6-3-7-17(14)15(20)13(9-16(21)11-19)8-12-4-1-2-5-12;1-8-7(9)11-6-2-4-12(10)5-3-6/h10-14,21H,1-9H2;6H,2-5H2,1H3,(H,8,9). The molecule has 3 fully saturated rings. The predicted molar refractivity (Wildman–Crippen MR) is 122 cm³/mol. The Hall–Kier alpha value is -2.01. The highest BCUT2D eigenvalue weighted by atomic mass is 32.2. The maximum atomic E-state index is 12.7. The fraction of sp³-hybridized carbons (Fsp3) is 0.818. The summed E-state index contributed by atoms with van der Waals surface area (Å²) in [4.78, 5) is 46.7. The molecule has 2 N–H and O–H groups in total. The molecule has 10 nitrogen and oxygen atoms in total. The molecule has 0 spiro atoms. The van der Waals surface area contributed by atoms with Crippen molar-refractivity contribution in [1.82, 2.24) is 15.3 Å². The van der Waals surface area contributed by atoms with E-state index in [0.29, 0.717) is 48.3 Å². The second-order valence-corrected chi connectivity index (χ2v) is 10.6. The van der Waals surface area contributed by atoms with Crippen molar-refractivity contribution in [2.45, 2.75) is 69.9 Å². The lowest BCUT2D eigenvalue weighted by Gasteiger charge is -2.28. The number of carbonyl (C=O) groups is 4. The molecule has 3 aliphatic rings. The smallest absolute Gasteiger partial charge is 0.407 e. The first-order valence-electron chi connectivity index (χ1n) is 11.8. The zero-order chi connectivity index (χ0) is 24.2. The van der Waals surface area contributed by atoms with E-state index in [9.17, 15) is 28.6 Å². The zero-order valence-corrected chi connectivity index (χ0v) is 20.2. The number of hydrogen-bond donors (Lipinski definition) is 2. The molecule has 0 aromatic heterocycles. The van der Waals surface area contributed by atoms with Crippen molar-refractivity contribution in [1.29, 1.82) is 0 Å². The molecule has 33 heavy (non-hydrogen) atoms. The zero-order valence-electron chi connectivity index (χ0n) is 19.4. The van der Waals surface area contributed by atoms with Crippen LogP contribution in [0.4, 0.5) is 4.79 Å². The van der Waals surface area contributed by atoms with Crippen LogP contribution < -0.4 is 5.32 Å². The molecular formula is C22H37N3O7S. The number of rotatable bonds is 8. The van der Waals surface area contributed by atoms with Crippen molar-refractivity contribution < 1.29 is 33.3 Å². The monoisotopic (exact) mass is 487 g/mol. The Kier molecular flexibility index (Phi) is 11.8. The second kappa shape index (κ2) is 14.3.